The van der Waals surface area contributed by atoms with E-state index < -0.39 is 32.5 Å². The second-order valence-corrected chi connectivity index (χ2v) is 15.3. The van der Waals surface area contributed by atoms with Gasteiger partial charge in [0.2, 0.25) is 0 Å². The monoisotopic (exact) mass is 768 g/mol. The van der Waals surface area contributed by atoms with E-state index >= 15 is 0 Å². The summed E-state index contributed by atoms with van der Waals surface area (Å²) >= 11 is 0. The third-order valence-electron chi connectivity index (χ3n) is 8.69. The van der Waals surface area contributed by atoms with Crippen molar-refractivity contribution < 1.29 is 37.6 Å². The quantitative estimate of drug-likeness (QED) is 0.0271. The maximum Gasteiger partial charge on any atom is 0.472 e. The van der Waals surface area contributed by atoms with Crippen LogP contribution >= 0.6 is 7.82 Å². The zero-order valence-electron chi connectivity index (χ0n) is 33.7. The molecular formula is C43H78NO8P. The predicted octanol–water partition coefficient (Wildman–Crippen LogP) is 11.9. The number of phosphoric ester groups is 1. The lowest BCUT2D eigenvalue weighted by molar-refractivity contribution is -0.161. The number of nitrogens with two attached hydrogens (primary N) is 1. The number of carbonyl (C=O) groups excluding carboxylic acids is 2. The van der Waals surface area contributed by atoms with Crippen LogP contribution in [-0.4, -0.2) is 49.3 Å². The van der Waals surface area contributed by atoms with Crippen molar-refractivity contribution in [1.29, 1.82) is 0 Å². The van der Waals surface area contributed by atoms with Crippen LogP contribution in [0.1, 0.15) is 181 Å². The van der Waals surface area contributed by atoms with Crippen molar-refractivity contribution in [2.24, 2.45) is 5.73 Å². The van der Waals surface area contributed by atoms with Crippen LogP contribution < -0.4 is 5.73 Å². The molecule has 0 saturated heterocycles. The first-order valence-electron chi connectivity index (χ1n) is 21.1. The lowest BCUT2D eigenvalue weighted by Crippen LogP contribution is -2.29. The minimum Gasteiger partial charge on any atom is -0.462 e. The minimum absolute atomic E-state index is 0.0453. The molecule has 10 heteroatoms. The molecule has 0 saturated carbocycles. The zero-order valence-corrected chi connectivity index (χ0v) is 34.6. The fourth-order valence-electron chi connectivity index (χ4n) is 5.52. The summed E-state index contributed by atoms with van der Waals surface area (Å²) in [6.07, 6.45) is 44.3. The zero-order chi connectivity index (χ0) is 38.9. The highest BCUT2D eigenvalue weighted by Crippen LogP contribution is 2.43. The number of unbranched alkanes of at least 4 members (excludes halogenated alkanes) is 18. The van der Waals surface area contributed by atoms with Gasteiger partial charge in [-0.05, 0) is 77.0 Å². The number of allylic oxidation sites excluding steroid dienone is 8. The third-order valence-corrected chi connectivity index (χ3v) is 9.67. The predicted molar refractivity (Wildman–Crippen MR) is 220 cm³/mol. The number of esters is 2. The Labute approximate surface area is 324 Å². The van der Waals surface area contributed by atoms with Gasteiger partial charge in [0, 0.05) is 19.4 Å². The maximum atomic E-state index is 12.5. The molecule has 0 spiro atoms. The van der Waals surface area contributed by atoms with E-state index in [4.69, 9.17) is 24.3 Å². The first kappa shape index (κ1) is 51.0. The van der Waals surface area contributed by atoms with E-state index in [-0.39, 0.29) is 32.6 Å². The highest BCUT2D eigenvalue weighted by Gasteiger charge is 2.25. The Morgan fingerprint density at radius 1 is 0.566 bits per heavy atom. The fraction of sp³-hybridized carbons (Fsp3) is 0.767. The van der Waals surface area contributed by atoms with E-state index in [0.29, 0.717) is 6.42 Å². The van der Waals surface area contributed by atoms with Crippen LogP contribution in [-0.2, 0) is 32.7 Å². The Hall–Kier alpha value is -2.03. The van der Waals surface area contributed by atoms with Gasteiger partial charge in [0.1, 0.15) is 6.61 Å². The minimum atomic E-state index is -4.39. The second kappa shape index (κ2) is 39.7. The van der Waals surface area contributed by atoms with Crippen molar-refractivity contribution in [2.75, 3.05) is 26.4 Å². The van der Waals surface area contributed by atoms with Crippen molar-refractivity contribution >= 4 is 19.8 Å². The van der Waals surface area contributed by atoms with Gasteiger partial charge >= 0.3 is 19.8 Å². The molecule has 1 unspecified atom stereocenters. The molecule has 308 valence electrons. The number of carbonyl (C=O) groups is 2. The Morgan fingerprint density at radius 2 is 0.981 bits per heavy atom. The van der Waals surface area contributed by atoms with Gasteiger partial charge in [0.05, 0.1) is 13.2 Å². The molecule has 2 atom stereocenters. The smallest absolute Gasteiger partial charge is 0.462 e. The molecule has 0 bridgehead atoms. The van der Waals surface area contributed by atoms with Crippen molar-refractivity contribution in [2.45, 2.75) is 187 Å². The van der Waals surface area contributed by atoms with E-state index in [2.05, 4.69) is 62.5 Å². The highest BCUT2D eigenvalue weighted by atomic mass is 31.2. The number of ether oxygens (including phenoxy) is 2. The first-order chi connectivity index (χ1) is 25.8. The number of phosphoric acid groups is 1. The van der Waals surface area contributed by atoms with Crippen LogP contribution in [0.25, 0.3) is 0 Å². The van der Waals surface area contributed by atoms with Crippen LogP contribution in [0.15, 0.2) is 48.6 Å². The molecule has 0 fully saturated rings. The molecule has 0 aromatic carbocycles. The molecule has 0 amide bonds. The molecule has 0 aromatic rings. The van der Waals surface area contributed by atoms with Gasteiger partial charge in [-0.1, -0.05) is 140 Å². The molecule has 0 aliphatic carbocycles. The molecule has 0 heterocycles. The van der Waals surface area contributed by atoms with Crippen LogP contribution in [0.5, 0.6) is 0 Å². The molecule has 0 rings (SSSR count). The Morgan fingerprint density at radius 3 is 1.55 bits per heavy atom. The number of hydrogen-bond acceptors (Lipinski definition) is 8. The van der Waals surface area contributed by atoms with Crippen molar-refractivity contribution in [1.82, 2.24) is 0 Å². The van der Waals surface area contributed by atoms with E-state index in [0.717, 1.165) is 64.2 Å². The van der Waals surface area contributed by atoms with Gasteiger partial charge < -0.3 is 20.1 Å². The van der Waals surface area contributed by atoms with E-state index in [9.17, 15) is 19.0 Å². The molecule has 3 N–H and O–H groups in total. The first-order valence-corrected chi connectivity index (χ1v) is 22.6. The molecule has 0 radical (unpaired) electrons. The van der Waals surface area contributed by atoms with Gasteiger partial charge in [-0.25, -0.2) is 4.57 Å². The lowest BCUT2D eigenvalue weighted by atomic mass is 10.1. The Kier molecular flexibility index (Phi) is 38.1. The molecular weight excluding hydrogens is 689 g/mol. The summed E-state index contributed by atoms with van der Waals surface area (Å²) in [6, 6.07) is 0. The summed E-state index contributed by atoms with van der Waals surface area (Å²) in [5.41, 5.74) is 5.34. The lowest BCUT2D eigenvalue weighted by Gasteiger charge is -2.19. The van der Waals surface area contributed by atoms with Gasteiger partial charge in [0.25, 0.3) is 0 Å². The van der Waals surface area contributed by atoms with Crippen molar-refractivity contribution in [3.8, 4) is 0 Å². The summed E-state index contributed by atoms with van der Waals surface area (Å²) in [4.78, 5) is 34.8. The second-order valence-electron chi connectivity index (χ2n) is 13.8. The molecule has 0 aliphatic heterocycles. The van der Waals surface area contributed by atoms with Crippen LogP contribution in [0.2, 0.25) is 0 Å². The van der Waals surface area contributed by atoms with E-state index in [1.807, 2.05) is 0 Å². The average molecular weight is 768 g/mol. The van der Waals surface area contributed by atoms with Crippen molar-refractivity contribution in [3.05, 3.63) is 48.6 Å². The van der Waals surface area contributed by atoms with Gasteiger partial charge in [0.15, 0.2) is 6.10 Å². The number of hydrogen-bond donors (Lipinski definition) is 2. The van der Waals surface area contributed by atoms with Crippen molar-refractivity contribution in [3.63, 3.8) is 0 Å². The van der Waals surface area contributed by atoms with Gasteiger partial charge in [-0.3, -0.25) is 18.6 Å². The third kappa shape index (κ3) is 39.5. The topological polar surface area (TPSA) is 134 Å². The van der Waals surface area contributed by atoms with Gasteiger partial charge in [-0.15, -0.1) is 0 Å². The normalized spacial score (nSPS) is 13.8. The summed E-state index contributed by atoms with van der Waals surface area (Å²) in [7, 11) is -4.39. The molecule has 53 heavy (non-hydrogen) atoms. The van der Waals surface area contributed by atoms with E-state index in [1.54, 1.807) is 0 Å². The Bertz CT molecular complexity index is 1010. The van der Waals surface area contributed by atoms with Gasteiger partial charge in [-0.2, -0.15) is 0 Å². The largest absolute Gasteiger partial charge is 0.472 e. The van der Waals surface area contributed by atoms with Crippen LogP contribution in [0, 0.1) is 0 Å². The number of rotatable bonds is 39. The highest BCUT2D eigenvalue weighted by molar-refractivity contribution is 7.47. The van der Waals surface area contributed by atoms with Crippen LogP contribution in [0.3, 0.4) is 0 Å². The standard InChI is InChI=1S/C43H78NO8P/c1-3-5-7-9-11-13-15-17-19-20-22-23-25-27-29-31-33-35-42(45)49-39-41(40-51-53(47,48)50-38-37-44)52-43(46)36-34-32-30-28-26-24-21-18-16-14-12-10-8-6-4-2/h12,14,17-19,21,26,28,41H,3-11,13,15-16,20,22-25,27,29-40,44H2,1-2H3,(H,47,48)/t41-/m1/s1. The average Bonchev–Trinajstić information content (AvgIpc) is 3.14. The molecule has 0 aromatic heterocycles. The summed E-state index contributed by atoms with van der Waals surface area (Å²) in [5, 5.41) is 0. The SMILES string of the molecule is CCCCCC=CCC=CCC=CCCCCC(=O)O[C@H](COC(=O)CCCCCCCCCC=CCCCCCCCC)COP(=O)(O)OCCN. The summed E-state index contributed by atoms with van der Waals surface area (Å²) < 4.78 is 32.7. The summed E-state index contributed by atoms with van der Waals surface area (Å²) in [6.45, 7) is 3.64. The van der Waals surface area contributed by atoms with E-state index in [1.165, 1.54) is 83.5 Å². The Balaban J connectivity index is 4.23. The van der Waals surface area contributed by atoms with Crippen LogP contribution in [0.4, 0.5) is 0 Å². The fourth-order valence-corrected chi connectivity index (χ4v) is 6.28. The molecule has 9 nitrogen and oxygen atoms in total. The summed E-state index contributed by atoms with van der Waals surface area (Å²) in [5.74, 6) is -0.880. The molecule has 0 aliphatic rings. The maximum absolute atomic E-state index is 12.5.